The van der Waals surface area contributed by atoms with E-state index in [2.05, 4.69) is 4.98 Å². The fourth-order valence-electron chi connectivity index (χ4n) is 4.88. The molecule has 4 aromatic rings. The first-order valence-corrected chi connectivity index (χ1v) is 13.4. The summed E-state index contributed by atoms with van der Waals surface area (Å²) in [4.78, 5) is 32.2. The number of imidazole rings is 1. The van der Waals surface area contributed by atoms with Crippen LogP contribution in [-0.2, 0) is 22.7 Å². The van der Waals surface area contributed by atoms with Gasteiger partial charge in [-0.15, -0.1) is 0 Å². The van der Waals surface area contributed by atoms with Gasteiger partial charge < -0.3 is 24.0 Å². The Morgan fingerprint density at radius 3 is 2.46 bits per heavy atom. The standard InChI is InChI=1S/C32H30FN3O5/c1-2-40-27-19-24(11-14-26(27)41-20-22-7-4-3-5-8-22)29-28(30(37)23-9-12-25(33)13-10-23)31(38)32(39)36(29)17-6-16-35-18-15-34-21-35/h3-5,7-15,18-19,21,29,37H,2,6,16-17,20H2,1H3. The molecule has 0 saturated carbocycles. The number of hydrogen-bond acceptors (Lipinski definition) is 6. The molecule has 8 nitrogen and oxygen atoms in total. The summed E-state index contributed by atoms with van der Waals surface area (Å²) in [5.74, 6) is -1.41. The number of ketones is 1. The van der Waals surface area contributed by atoms with Gasteiger partial charge in [-0.1, -0.05) is 36.4 Å². The molecule has 1 aromatic heterocycles. The Hall–Kier alpha value is -4.92. The zero-order valence-electron chi connectivity index (χ0n) is 22.6. The zero-order valence-corrected chi connectivity index (χ0v) is 22.6. The number of likely N-dealkylation sites (tertiary alicyclic amines) is 1. The number of rotatable bonds is 11. The molecule has 1 saturated heterocycles. The number of nitrogens with zero attached hydrogens (tertiary/aromatic N) is 3. The second-order valence-electron chi connectivity index (χ2n) is 9.57. The van der Waals surface area contributed by atoms with Crippen LogP contribution < -0.4 is 9.47 Å². The number of halogens is 1. The third-order valence-electron chi connectivity index (χ3n) is 6.85. The van der Waals surface area contributed by atoms with Crippen molar-refractivity contribution in [1.29, 1.82) is 0 Å². The summed E-state index contributed by atoms with van der Waals surface area (Å²) < 4.78 is 27.4. The fourth-order valence-corrected chi connectivity index (χ4v) is 4.88. The molecule has 2 heterocycles. The van der Waals surface area contributed by atoms with E-state index < -0.39 is 23.5 Å². The largest absolute Gasteiger partial charge is 0.507 e. The summed E-state index contributed by atoms with van der Waals surface area (Å²) in [6, 6.07) is 19.2. The molecule has 0 radical (unpaired) electrons. The van der Waals surface area contributed by atoms with E-state index in [1.807, 2.05) is 48.0 Å². The number of benzene rings is 3. The van der Waals surface area contributed by atoms with Crippen LogP contribution in [0.5, 0.6) is 11.5 Å². The summed E-state index contributed by atoms with van der Waals surface area (Å²) >= 11 is 0. The molecule has 3 aromatic carbocycles. The molecule has 1 atom stereocenters. The number of aryl methyl sites for hydroxylation is 1. The van der Waals surface area contributed by atoms with Crippen LogP contribution in [0.2, 0.25) is 0 Å². The van der Waals surface area contributed by atoms with Gasteiger partial charge in [0.2, 0.25) is 0 Å². The van der Waals surface area contributed by atoms with Crippen molar-refractivity contribution in [3.63, 3.8) is 0 Å². The number of Topliss-reactive ketones (excluding diaryl/α,β-unsaturated/α-hetero) is 1. The minimum Gasteiger partial charge on any atom is -0.507 e. The molecule has 1 amide bonds. The van der Waals surface area contributed by atoms with Crippen LogP contribution in [-0.4, -0.2) is 44.4 Å². The normalized spacial score (nSPS) is 16.2. The van der Waals surface area contributed by atoms with Crippen LogP contribution in [0.25, 0.3) is 5.76 Å². The molecule has 1 unspecified atom stereocenters. The van der Waals surface area contributed by atoms with E-state index in [-0.39, 0.29) is 23.4 Å². The van der Waals surface area contributed by atoms with Crippen molar-refractivity contribution in [2.75, 3.05) is 13.2 Å². The molecule has 210 valence electrons. The maximum absolute atomic E-state index is 13.6. The maximum Gasteiger partial charge on any atom is 0.295 e. The van der Waals surface area contributed by atoms with Gasteiger partial charge >= 0.3 is 0 Å². The summed E-state index contributed by atoms with van der Waals surface area (Å²) in [6.45, 7) is 3.39. The van der Waals surface area contributed by atoms with E-state index in [9.17, 15) is 19.1 Å². The predicted octanol–water partition coefficient (Wildman–Crippen LogP) is 5.51. The van der Waals surface area contributed by atoms with E-state index >= 15 is 0 Å². The molecule has 1 fully saturated rings. The number of hydrogen-bond donors (Lipinski definition) is 1. The van der Waals surface area contributed by atoms with Crippen LogP contribution >= 0.6 is 0 Å². The third-order valence-corrected chi connectivity index (χ3v) is 6.85. The SMILES string of the molecule is CCOc1cc(C2C(=C(O)c3ccc(F)cc3)C(=O)C(=O)N2CCCn2ccnc2)ccc1OCc1ccccc1. The van der Waals surface area contributed by atoms with Crippen molar-refractivity contribution in [2.45, 2.75) is 32.5 Å². The van der Waals surface area contributed by atoms with Gasteiger partial charge in [-0.25, -0.2) is 9.37 Å². The topological polar surface area (TPSA) is 93.9 Å². The number of carbonyl (C=O) groups excluding carboxylic acids is 2. The van der Waals surface area contributed by atoms with Crippen molar-refractivity contribution in [2.24, 2.45) is 0 Å². The van der Waals surface area contributed by atoms with Gasteiger partial charge in [0, 0.05) is 31.0 Å². The minimum atomic E-state index is -0.884. The molecule has 41 heavy (non-hydrogen) atoms. The fraction of sp³-hybridized carbons (Fsp3) is 0.219. The molecule has 0 spiro atoms. The lowest BCUT2D eigenvalue weighted by Gasteiger charge is -2.26. The second kappa shape index (κ2) is 12.5. The lowest BCUT2D eigenvalue weighted by molar-refractivity contribution is -0.139. The Balaban J connectivity index is 1.52. The number of amides is 1. The van der Waals surface area contributed by atoms with Crippen LogP contribution in [0.1, 0.15) is 36.1 Å². The van der Waals surface area contributed by atoms with Crippen molar-refractivity contribution in [3.8, 4) is 11.5 Å². The highest BCUT2D eigenvalue weighted by Gasteiger charge is 2.46. The molecule has 1 N–H and O–H groups in total. The van der Waals surface area contributed by atoms with E-state index in [1.54, 1.807) is 30.7 Å². The van der Waals surface area contributed by atoms with E-state index in [0.717, 1.165) is 5.56 Å². The molecule has 1 aliphatic heterocycles. The van der Waals surface area contributed by atoms with Gasteiger partial charge in [-0.3, -0.25) is 9.59 Å². The van der Waals surface area contributed by atoms with Crippen LogP contribution in [0.4, 0.5) is 4.39 Å². The van der Waals surface area contributed by atoms with E-state index in [0.29, 0.717) is 43.2 Å². The number of ether oxygens (including phenoxy) is 2. The molecular weight excluding hydrogens is 525 g/mol. The predicted molar refractivity (Wildman–Crippen MR) is 151 cm³/mol. The van der Waals surface area contributed by atoms with Gasteiger partial charge in [0.1, 0.15) is 18.2 Å². The monoisotopic (exact) mass is 555 g/mol. The number of aliphatic hydroxyl groups excluding tert-OH is 1. The van der Waals surface area contributed by atoms with Gasteiger partial charge in [0.05, 0.1) is 24.5 Å². The van der Waals surface area contributed by atoms with Crippen molar-refractivity contribution in [3.05, 3.63) is 120 Å². The van der Waals surface area contributed by atoms with Gasteiger partial charge in [-0.2, -0.15) is 0 Å². The lowest BCUT2D eigenvalue weighted by Crippen LogP contribution is -2.31. The Labute approximate surface area is 237 Å². The summed E-state index contributed by atoms with van der Waals surface area (Å²) in [7, 11) is 0. The Morgan fingerprint density at radius 2 is 1.76 bits per heavy atom. The Kier molecular flexibility index (Phi) is 8.43. The van der Waals surface area contributed by atoms with Crippen LogP contribution in [0.15, 0.2) is 97.1 Å². The van der Waals surface area contributed by atoms with Gasteiger partial charge in [-0.05, 0) is 60.9 Å². The Morgan fingerprint density at radius 1 is 0.976 bits per heavy atom. The van der Waals surface area contributed by atoms with Crippen LogP contribution in [0, 0.1) is 5.82 Å². The number of aromatic nitrogens is 2. The van der Waals surface area contributed by atoms with Gasteiger partial charge in [0.25, 0.3) is 11.7 Å². The van der Waals surface area contributed by atoms with Crippen molar-refractivity contribution in [1.82, 2.24) is 14.5 Å². The van der Waals surface area contributed by atoms with Crippen molar-refractivity contribution < 1.29 is 28.6 Å². The first-order valence-electron chi connectivity index (χ1n) is 13.4. The zero-order chi connectivity index (χ0) is 28.8. The average Bonchev–Trinajstić information content (AvgIpc) is 3.59. The van der Waals surface area contributed by atoms with E-state index in [4.69, 9.17) is 9.47 Å². The third kappa shape index (κ3) is 6.14. The molecule has 5 rings (SSSR count). The van der Waals surface area contributed by atoms with Crippen LogP contribution in [0.3, 0.4) is 0 Å². The highest BCUT2D eigenvalue weighted by molar-refractivity contribution is 6.46. The molecule has 0 bridgehead atoms. The lowest BCUT2D eigenvalue weighted by atomic mass is 9.95. The molecule has 9 heteroatoms. The van der Waals surface area contributed by atoms with E-state index in [1.165, 1.54) is 29.2 Å². The highest BCUT2D eigenvalue weighted by atomic mass is 19.1. The summed E-state index contributed by atoms with van der Waals surface area (Å²) in [5, 5.41) is 11.3. The minimum absolute atomic E-state index is 0.0651. The smallest absolute Gasteiger partial charge is 0.295 e. The first-order chi connectivity index (χ1) is 20.0. The molecular formula is C32H30FN3O5. The molecule has 1 aliphatic rings. The van der Waals surface area contributed by atoms with Gasteiger partial charge in [0.15, 0.2) is 11.5 Å². The first kappa shape index (κ1) is 27.6. The average molecular weight is 556 g/mol. The summed E-state index contributed by atoms with van der Waals surface area (Å²) in [5.41, 5.74) is 1.74. The second-order valence-corrected chi connectivity index (χ2v) is 9.57. The number of carbonyl (C=O) groups is 2. The molecule has 0 aliphatic carbocycles. The quantitative estimate of drug-likeness (QED) is 0.149. The maximum atomic E-state index is 13.6. The number of aliphatic hydroxyl groups is 1. The highest BCUT2D eigenvalue weighted by Crippen LogP contribution is 2.42. The summed E-state index contributed by atoms with van der Waals surface area (Å²) in [6.07, 6.45) is 5.73. The van der Waals surface area contributed by atoms with Crippen molar-refractivity contribution >= 4 is 17.4 Å². The Bertz CT molecular complexity index is 1540.